The van der Waals surface area contributed by atoms with E-state index in [1.807, 2.05) is 18.2 Å². The Morgan fingerprint density at radius 2 is 1.88 bits per heavy atom. The van der Waals surface area contributed by atoms with Crippen LogP contribution >= 0.6 is 0 Å². The summed E-state index contributed by atoms with van der Waals surface area (Å²) < 4.78 is 5.30. The maximum Gasteiger partial charge on any atom is 0.237 e. The average molecular weight is 586 g/mol. The van der Waals surface area contributed by atoms with Crippen LogP contribution in [0.2, 0.25) is 0 Å². The lowest BCUT2D eigenvalue weighted by Crippen LogP contribution is -2.40. The minimum absolute atomic E-state index is 0.0493. The number of anilines is 2. The number of nitrogens with one attached hydrogen (secondary N) is 3. The first-order valence-electron chi connectivity index (χ1n) is 15.4. The van der Waals surface area contributed by atoms with Crippen LogP contribution in [0.5, 0.6) is 0 Å². The van der Waals surface area contributed by atoms with E-state index in [2.05, 4.69) is 48.0 Å². The van der Waals surface area contributed by atoms with Gasteiger partial charge in [-0.2, -0.15) is 0 Å². The standard InChI is InChI=1S/C13H21N5O.C9H14O.C5H9NO.C5H11N/c1-18(15)12-5-4-9(7-10(12)14)8-17-13(19)11-3-2-6-16-11;1-8-4-6-9(2,10-3)7-5-8;7-5-6-3-1-2-4-6;1-2-4-6-5-3-1/h4-5,7,11,16H,2-3,6,8,14-15H2,1H3,(H,17,19);4-6H,7H2,1-3H3;5H,1-4H2;6H,1-5H2. The van der Waals surface area contributed by atoms with E-state index in [1.165, 1.54) is 55.8 Å². The minimum Gasteiger partial charge on any atom is -0.397 e. The Balaban J connectivity index is 0.000000222. The topological polar surface area (TPSA) is 138 Å². The van der Waals surface area contributed by atoms with Crippen LogP contribution in [0.4, 0.5) is 11.4 Å². The molecular weight excluding hydrogens is 530 g/mol. The predicted molar refractivity (Wildman–Crippen MR) is 173 cm³/mol. The first-order valence-corrected chi connectivity index (χ1v) is 15.4. The fourth-order valence-electron chi connectivity index (χ4n) is 4.86. The highest BCUT2D eigenvalue weighted by atomic mass is 16.5. The first-order chi connectivity index (χ1) is 20.2. The van der Waals surface area contributed by atoms with E-state index in [0.29, 0.717) is 12.2 Å². The fourth-order valence-corrected chi connectivity index (χ4v) is 4.86. The number of nitrogens with two attached hydrogens (primary N) is 2. The predicted octanol–water partition coefficient (Wildman–Crippen LogP) is 3.24. The summed E-state index contributed by atoms with van der Waals surface area (Å²) in [5, 5.41) is 10.8. The van der Waals surface area contributed by atoms with Crippen molar-refractivity contribution in [3.05, 3.63) is 47.6 Å². The number of hydrogen-bond donors (Lipinski definition) is 5. The van der Waals surface area contributed by atoms with E-state index in [9.17, 15) is 9.59 Å². The number of amides is 2. The van der Waals surface area contributed by atoms with Gasteiger partial charge in [-0.15, -0.1) is 0 Å². The van der Waals surface area contributed by atoms with Crippen molar-refractivity contribution in [3.63, 3.8) is 0 Å². The summed E-state index contributed by atoms with van der Waals surface area (Å²) in [7, 11) is 3.48. The Morgan fingerprint density at radius 1 is 1.17 bits per heavy atom. The monoisotopic (exact) mass is 585 g/mol. The minimum atomic E-state index is -0.0560. The molecule has 0 saturated carbocycles. The summed E-state index contributed by atoms with van der Waals surface area (Å²) in [5.41, 5.74) is 9.52. The van der Waals surface area contributed by atoms with Crippen molar-refractivity contribution >= 4 is 23.7 Å². The van der Waals surface area contributed by atoms with Gasteiger partial charge in [0.15, 0.2) is 0 Å². The van der Waals surface area contributed by atoms with E-state index in [1.54, 1.807) is 19.1 Å². The maximum absolute atomic E-state index is 11.8. The zero-order chi connectivity index (χ0) is 30.8. The third-order valence-corrected chi connectivity index (χ3v) is 7.81. The van der Waals surface area contributed by atoms with Gasteiger partial charge in [-0.05, 0) is 96.1 Å². The maximum atomic E-state index is 11.8. The molecule has 2 amide bonds. The second-order valence-corrected chi connectivity index (χ2v) is 11.5. The number of carbonyl (C=O) groups is 2. The van der Waals surface area contributed by atoms with Gasteiger partial charge in [0.05, 0.1) is 23.0 Å². The van der Waals surface area contributed by atoms with Gasteiger partial charge in [-0.25, -0.2) is 5.84 Å². The van der Waals surface area contributed by atoms with Crippen molar-refractivity contribution < 1.29 is 14.3 Å². The molecule has 4 aliphatic rings. The number of methoxy groups -OCH3 is 1. The molecule has 3 saturated heterocycles. The van der Waals surface area contributed by atoms with Crippen LogP contribution in [-0.4, -0.2) is 75.7 Å². The Morgan fingerprint density at radius 3 is 2.31 bits per heavy atom. The normalized spacial score (nSPS) is 22.7. The number of nitrogen functional groups attached to an aromatic ring is 1. The third-order valence-electron chi connectivity index (χ3n) is 7.81. The molecule has 3 fully saturated rings. The van der Waals surface area contributed by atoms with Crippen molar-refractivity contribution in [1.82, 2.24) is 20.9 Å². The molecule has 0 spiro atoms. The fraction of sp³-hybridized carbons (Fsp3) is 0.625. The number of rotatable bonds is 6. The number of benzene rings is 1. The summed E-state index contributed by atoms with van der Waals surface area (Å²) in [6.07, 6.45) is 16.9. The zero-order valence-electron chi connectivity index (χ0n) is 26.3. The second kappa shape index (κ2) is 19.3. The smallest absolute Gasteiger partial charge is 0.237 e. The number of hydrazine groups is 1. The van der Waals surface area contributed by atoms with E-state index < -0.39 is 0 Å². The van der Waals surface area contributed by atoms with Crippen molar-refractivity contribution in [1.29, 1.82) is 0 Å². The van der Waals surface area contributed by atoms with E-state index in [0.717, 1.165) is 56.6 Å². The number of hydrogen-bond acceptors (Lipinski definition) is 8. The number of likely N-dealkylation sites (tertiary alicyclic amines) is 1. The molecule has 1 aromatic carbocycles. The largest absolute Gasteiger partial charge is 0.397 e. The molecule has 42 heavy (non-hydrogen) atoms. The highest BCUT2D eigenvalue weighted by Crippen LogP contribution is 2.23. The Bertz CT molecular complexity index is 986. The second-order valence-electron chi connectivity index (χ2n) is 11.5. The lowest BCUT2D eigenvalue weighted by Gasteiger charge is -2.25. The lowest BCUT2D eigenvalue weighted by atomic mass is 9.94. The van der Waals surface area contributed by atoms with Crippen LogP contribution in [0.15, 0.2) is 42.0 Å². The Labute approximate surface area is 253 Å². The number of nitrogens with zero attached hydrogens (tertiary/aromatic N) is 2. The van der Waals surface area contributed by atoms with Gasteiger partial charge >= 0.3 is 0 Å². The van der Waals surface area contributed by atoms with Gasteiger partial charge in [0, 0.05) is 33.8 Å². The van der Waals surface area contributed by atoms with Gasteiger partial charge in [0.2, 0.25) is 12.3 Å². The molecule has 2 unspecified atom stereocenters. The number of allylic oxidation sites excluding steroid dienone is 2. The Kier molecular flexibility index (Phi) is 16.2. The van der Waals surface area contributed by atoms with Crippen molar-refractivity contribution in [2.45, 2.75) is 83.4 Å². The van der Waals surface area contributed by atoms with Gasteiger partial charge < -0.3 is 36.3 Å². The lowest BCUT2D eigenvalue weighted by molar-refractivity contribution is -0.123. The Hall–Kier alpha value is -2.92. The van der Waals surface area contributed by atoms with Gasteiger partial charge in [0.1, 0.15) is 0 Å². The quantitative estimate of drug-likeness (QED) is 0.149. The molecule has 2 atom stereocenters. The van der Waals surface area contributed by atoms with Crippen molar-refractivity contribution in [2.75, 3.05) is 57.6 Å². The highest BCUT2D eigenvalue weighted by molar-refractivity contribution is 5.82. The highest BCUT2D eigenvalue weighted by Gasteiger charge is 2.21. The van der Waals surface area contributed by atoms with Crippen LogP contribution < -0.4 is 32.5 Å². The van der Waals surface area contributed by atoms with Crippen molar-refractivity contribution in [2.24, 2.45) is 5.84 Å². The van der Waals surface area contributed by atoms with Crippen LogP contribution in [-0.2, 0) is 20.9 Å². The SMILES string of the molecule is C1CCNCC1.CN(N)c1ccc(CNC(=O)C2CCCN2)cc1N.COC1(C)C=CC(C)=CC1.O=CN1CCCC1. The first kappa shape index (κ1) is 35.3. The molecule has 1 aliphatic carbocycles. The summed E-state index contributed by atoms with van der Waals surface area (Å²) >= 11 is 0. The number of ether oxygens (including phenoxy) is 1. The molecule has 10 heteroatoms. The number of piperidine rings is 1. The van der Waals surface area contributed by atoms with Crippen molar-refractivity contribution in [3.8, 4) is 0 Å². The van der Waals surface area contributed by atoms with Gasteiger partial charge in [-0.1, -0.05) is 36.3 Å². The molecule has 0 radical (unpaired) electrons. The molecule has 10 nitrogen and oxygen atoms in total. The zero-order valence-corrected chi connectivity index (χ0v) is 26.3. The van der Waals surface area contributed by atoms with Gasteiger partial charge in [-0.3, -0.25) is 9.59 Å². The number of carbonyl (C=O) groups excluding carboxylic acids is 2. The summed E-state index contributed by atoms with van der Waals surface area (Å²) in [4.78, 5) is 23.6. The van der Waals surface area contributed by atoms with Crippen LogP contribution in [0, 0.1) is 0 Å². The van der Waals surface area contributed by atoms with Gasteiger partial charge in [0.25, 0.3) is 0 Å². The molecular formula is C32H55N7O3. The molecule has 3 aliphatic heterocycles. The third kappa shape index (κ3) is 13.4. The molecule has 5 rings (SSSR count). The van der Waals surface area contributed by atoms with Crippen LogP contribution in [0.3, 0.4) is 0 Å². The van der Waals surface area contributed by atoms with Crippen LogP contribution in [0.25, 0.3) is 0 Å². The molecule has 236 valence electrons. The summed E-state index contributed by atoms with van der Waals surface area (Å²) in [6, 6.07) is 5.55. The van der Waals surface area contributed by atoms with Crippen LogP contribution in [0.1, 0.15) is 70.8 Å². The summed E-state index contributed by atoms with van der Waals surface area (Å²) in [5.74, 6) is 5.70. The molecule has 7 N–H and O–H groups in total. The molecule has 3 heterocycles. The molecule has 0 bridgehead atoms. The van der Waals surface area contributed by atoms with E-state index in [4.69, 9.17) is 16.3 Å². The van der Waals surface area contributed by atoms with E-state index in [-0.39, 0.29) is 17.6 Å². The van der Waals surface area contributed by atoms with E-state index >= 15 is 0 Å². The average Bonchev–Trinajstić information content (AvgIpc) is 3.75. The summed E-state index contributed by atoms with van der Waals surface area (Å²) in [6.45, 7) is 10.0. The molecule has 1 aromatic rings. The molecule has 0 aromatic heterocycles.